The van der Waals surface area contributed by atoms with Crippen LogP contribution >= 0.6 is 15.9 Å². The molecule has 8 rings (SSSR count). The Labute approximate surface area is 292 Å². The lowest BCUT2D eigenvalue weighted by atomic mass is 9.50. The summed E-state index contributed by atoms with van der Waals surface area (Å²) in [6.45, 7) is 2.40. The fourth-order valence-corrected chi connectivity index (χ4v) is 8.98. The van der Waals surface area contributed by atoms with Crippen molar-refractivity contribution in [3.8, 4) is 45.3 Å². The Morgan fingerprint density at radius 3 is 1.62 bits per heavy atom. The molecule has 3 unspecified atom stereocenters. The first kappa shape index (κ1) is 30.9. The molecule has 1 heterocycles. The molecule has 5 aromatic carbocycles. The van der Waals surface area contributed by atoms with Crippen molar-refractivity contribution in [3.63, 3.8) is 0 Å². The van der Waals surface area contributed by atoms with Crippen molar-refractivity contribution in [2.24, 2.45) is 5.92 Å². The maximum absolute atomic E-state index is 5.06. The van der Waals surface area contributed by atoms with Crippen molar-refractivity contribution in [1.82, 2.24) is 15.0 Å². The Kier molecular flexibility index (Phi) is 8.30. The Bertz CT molecular complexity index is 2010. The quantitative estimate of drug-likeness (QED) is 0.167. The summed E-state index contributed by atoms with van der Waals surface area (Å²) in [5, 5.41) is 0. The minimum absolute atomic E-state index is 0.162. The minimum atomic E-state index is 0.162. The van der Waals surface area contributed by atoms with Crippen LogP contribution in [0.5, 0.6) is 0 Å². The highest BCUT2D eigenvalue weighted by Gasteiger charge is 2.50. The van der Waals surface area contributed by atoms with Gasteiger partial charge in [-0.15, -0.1) is 0 Å². The molecule has 0 N–H and O–H groups in total. The zero-order valence-electron chi connectivity index (χ0n) is 27.4. The molecule has 2 aliphatic rings. The highest BCUT2D eigenvalue weighted by atomic mass is 79.9. The number of hydrogen-bond acceptors (Lipinski definition) is 3. The Morgan fingerprint density at radius 1 is 0.562 bits per heavy atom. The summed E-state index contributed by atoms with van der Waals surface area (Å²) < 4.78 is 1.16. The van der Waals surface area contributed by atoms with Gasteiger partial charge in [0.2, 0.25) is 0 Å². The van der Waals surface area contributed by atoms with Crippen LogP contribution in [0.3, 0.4) is 0 Å². The maximum Gasteiger partial charge on any atom is 0.164 e. The summed E-state index contributed by atoms with van der Waals surface area (Å²) in [6, 6.07) is 47.7. The van der Waals surface area contributed by atoms with E-state index in [2.05, 4.69) is 132 Å². The SMILES string of the molecule is CCC1(c2ccc(-c3nc(-c4ccccc4)nc(-c4ccc(-c5ccccc5)cc4)n3)cc2)CC2CCCC(c3ccc(Br)cc3)(C2)C1. The molecule has 48 heavy (non-hydrogen) atoms. The third-order valence-electron chi connectivity index (χ3n) is 11.1. The van der Waals surface area contributed by atoms with Gasteiger partial charge in [0.1, 0.15) is 0 Å². The van der Waals surface area contributed by atoms with Crippen LogP contribution in [-0.4, -0.2) is 15.0 Å². The molecule has 2 fully saturated rings. The average molecular weight is 691 g/mol. The third-order valence-corrected chi connectivity index (χ3v) is 11.6. The van der Waals surface area contributed by atoms with E-state index in [1.165, 1.54) is 60.8 Å². The smallest absolute Gasteiger partial charge is 0.164 e. The second-order valence-corrected chi connectivity index (χ2v) is 14.9. The number of benzene rings is 5. The van der Waals surface area contributed by atoms with Crippen molar-refractivity contribution < 1.29 is 0 Å². The highest BCUT2D eigenvalue weighted by Crippen LogP contribution is 2.58. The molecule has 3 atom stereocenters. The molecule has 2 saturated carbocycles. The van der Waals surface area contributed by atoms with Crippen molar-refractivity contribution in [2.75, 3.05) is 0 Å². The Balaban J connectivity index is 1.15. The lowest BCUT2D eigenvalue weighted by Gasteiger charge is -2.54. The van der Waals surface area contributed by atoms with Crippen molar-refractivity contribution in [2.45, 2.75) is 62.7 Å². The number of nitrogens with zero attached hydrogens (tertiary/aromatic N) is 3. The van der Waals surface area contributed by atoms with Gasteiger partial charge in [0.25, 0.3) is 0 Å². The number of aromatic nitrogens is 3. The van der Waals surface area contributed by atoms with Gasteiger partial charge < -0.3 is 0 Å². The summed E-state index contributed by atoms with van der Waals surface area (Å²) in [4.78, 5) is 15.0. The van der Waals surface area contributed by atoms with Crippen LogP contribution in [0.25, 0.3) is 45.3 Å². The van der Waals surface area contributed by atoms with Crippen LogP contribution < -0.4 is 0 Å². The number of rotatable bonds is 7. The molecular formula is C44H40BrN3. The third kappa shape index (κ3) is 5.92. The molecular weight excluding hydrogens is 650 g/mol. The van der Waals surface area contributed by atoms with E-state index in [-0.39, 0.29) is 10.8 Å². The fraction of sp³-hybridized carbons (Fsp3) is 0.250. The van der Waals surface area contributed by atoms with Crippen LogP contribution in [0.1, 0.15) is 63.0 Å². The van der Waals surface area contributed by atoms with Crippen LogP contribution in [0.15, 0.2) is 138 Å². The van der Waals surface area contributed by atoms with Gasteiger partial charge in [-0.25, -0.2) is 15.0 Å². The van der Waals surface area contributed by atoms with E-state index in [1.807, 2.05) is 24.3 Å². The summed E-state index contributed by atoms with van der Waals surface area (Å²) in [5.41, 5.74) is 8.73. The van der Waals surface area contributed by atoms with Gasteiger partial charge >= 0.3 is 0 Å². The standard InChI is InChI=1S/C44H40BrN3/c1-2-43(28-31-10-9-27-44(29-31,30-43)38-23-25-39(45)26-24-38)37-21-19-36(20-22-37)42-47-40(34-13-7-4-8-14-34)46-41(48-42)35-17-15-33(16-18-35)32-11-5-3-6-12-32/h3-8,11-26,31H,2,9-10,27-30H2,1H3. The molecule has 6 aromatic rings. The zero-order chi connectivity index (χ0) is 32.6. The first-order chi connectivity index (χ1) is 23.5. The number of hydrogen-bond donors (Lipinski definition) is 0. The van der Waals surface area contributed by atoms with E-state index in [0.29, 0.717) is 17.5 Å². The molecule has 238 valence electrons. The Hall–Kier alpha value is -4.41. The van der Waals surface area contributed by atoms with Gasteiger partial charge in [-0.2, -0.15) is 0 Å². The van der Waals surface area contributed by atoms with Gasteiger partial charge in [0.15, 0.2) is 17.5 Å². The fourth-order valence-electron chi connectivity index (χ4n) is 8.72. The summed E-state index contributed by atoms with van der Waals surface area (Å²) in [7, 11) is 0. The lowest BCUT2D eigenvalue weighted by Crippen LogP contribution is -2.47. The number of fused-ring (bicyclic) bond motifs is 2. The summed E-state index contributed by atoms with van der Waals surface area (Å²) in [5.74, 6) is 2.84. The summed E-state index contributed by atoms with van der Waals surface area (Å²) in [6.07, 6.45) is 8.91. The number of halogens is 1. The van der Waals surface area contributed by atoms with Crippen LogP contribution in [0, 0.1) is 5.92 Å². The predicted molar refractivity (Wildman–Crippen MR) is 201 cm³/mol. The zero-order valence-corrected chi connectivity index (χ0v) is 29.0. The topological polar surface area (TPSA) is 38.7 Å². The highest BCUT2D eigenvalue weighted by molar-refractivity contribution is 9.10. The molecule has 2 bridgehead atoms. The minimum Gasteiger partial charge on any atom is -0.208 e. The van der Waals surface area contributed by atoms with Crippen molar-refractivity contribution in [1.29, 1.82) is 0 Å². The van der Waals surface area contributed by atoms with Gasteiger partial charge in [-0.1, -0.05) is 157 Å². The van der Waals surface area contributed by atoms with Gasteiger partial charge in [0, 0.05) is 21.2 Å². The van der Waals surface area contributed by atoms with Crippen LogP contribution in [-0.2, 0) is 10.8 Å². The second kappa shape index (κ2) is 12.9. The van der Waals surface area contributed by atoms with Crippen molar-refractivity contribution >= 4 is 15.9 Å². The first-order valence-electron chi connectivity index (χ1n) is 17.4. The van der Waals surface area contributed by atoms with E-state index in [0.717, 1.165) is 33.5 Å². The normalized spacial score (nSPS) is 21.9. The monoisotopic (exact) mass is 689 g/mol. The first-order valence-corrected chi connectivity index (χ1v) is 18.2. The molecule has 2 aliphatic carbocycles. The predicted octanol–water partition coefficient (Wildman–Crippen LogP) is 11.9. The molecule has 0 aliphatic heterocycles. The molecule has 0 spiro atoms. The molecule has 1 aromatic heterocycles. The van der Waals surface area contributed by atoms with E-state index in [1.54, 1.807) is 0 Å². The maximum atomic E-state index is 5.06. The van der Waals surface area contributed by atoms with Gasteiger partial charge in [0.05, 0.1) is 0 Å². The van der Waals surface area contributed by atoms with Gasteiger partial charge in [-0.3, -0.25) is 0 Å². The molecule has 0 radical (unpaired) electrons. The molecule has 4 heteroatoms. The van der Waals surface area contributed by atoms with E-state index in [9.17, 15) is 0 Å². The summed E-state index contributed by atoms with van der Waals surface area (Å²) >= 11 is 3.67. The lowest BCUT2D eigenvalue weighted by molar-refractivity contribution is 0.0757. The molecule has 0 amide bonds. The van der Waals surface area contributed by atoms with E-state index < -0.39 is 0 Å². The second-order valence-electron chi connectivity index (χ2n) is 14.0. The van der Waals surface area contributed by atoms with E-state index >= 15 is 0 Å². The molecule has 3 nitrogen and oxygen atoms in total. The average Bonchev–Trinajstić information content (AvgIpc) is 3.15. The van der Waals surface area contributed by atoms with Crippen molar-refractivity contribution in [3.05, 3.63) is 149 Å². The largest absolute Gasteiger partial charge is 0.208 e. The van der Waals surface area contributed by atoms with E-state index in [4.69, 9.17) is 15.0 Å². The van der Waals surface area contributed by atoms with Crippen LogP contribution in [0.2, 0.25) is 0 Å². The molecule has 0 saturated heterocycles. The van der Waals surface area contributed by atoms with Gasteiger partial charge in [-0.05, 0) is 83.2 Å². The Morgan fingerprint density at radius 2 is 1.04 bits per heavy atom. The van der Waals surface area contributed by atoms with Crippen LogP contribution in [0.4, 0.5) is 0 Å².